The van der Waals surface area contributed by atoms with Crippen LogP contribution in [0.2, 0.25) is 0 Å². The summed E-state index contributed by atoms with van der Waals surface area (Å²) in [5.41, 5.74) is 0. The molecule has 0 aliphatic rings. The Morgan fingerprint density at radius 3 is 2.70 bits per heavy atom. The van der Waals surface area contributed by atoms with Gasteiger partial charge < -0.3 is 0 Å². The molecule has 0 aromatic rings. The van der Waals surface area contributed by atoms with Crippen LogP contribution in [0, 0.1) is 10.1 Å². The van der Waals surface area contributed by atoms with Gasteiger partial charge in [-0.25, -0.2) is 0 Å². The molecule has 0 amide bonds. The maximum absolute atomic E-state index is 10.5. The molecule has 0 N–H and O–H groups in total. The molecule has 0 atom stereocenters. The van der Waals surface area contributed by atoms with Gasteiger partial charge >= 0.3 is 0 Å². The van der Waals surface area contributed by atoms with Gasteiger partial charge in [0.05, 0.1) is 0 Å². The molecule has 10 heavy (non-hydrogen) atoms. The van der Waals surface area contributed by atoms with Gasteiger partial charge in [0, 0.05) is 4.92 Å². The molecule has 0 heterocycles. The van der Waals surface area contributed by atoms with Crippen molar-refractivity contribution >= 4 is 5.78 Å². The molecule has 0 radical (unpaired) electrons. The van der Waals surface area contributed by atoms with Crippen LogP contribution < -0.4 is 0 Å². The lowest BCUT2D eigenvalue weighted by molar-refractivity contribution is -0.466. The monoisotopic (exact) mass is 143 g/mol. The molecule has 0 aromatic carbocycles. The van der Waals surface area contributed by atoms with Crippen LogP contribution in [0.4, 0.5) is 0 Å². The van der Waals surface area contributed by atoms with E-state index >= 15 is 0 Å². The second-order valence-electron chi connectivity index (χ2n) is 1.77. The summed E-state index contributed by atoms with van der Waals surface area (Å²) in [6.45, 7) is 1.26. The van der Waals surface area contributed by atoms with Crippen LogP contribution in [0.1, 0.15) is 13.3 Å². The van der Waals surface area contributed by atoms with Crippen molar-refractivity contribution < 1.29 is 9.72 Å². The third kappa shape index (κ3) is 4.96. The first kappa shape index (κ1) is 8.81. The minimum absolute atomic E-state index is 0.452. The SMILES string of the molecule is CCC=CC(=O)C[N+](=O)[O-]. The fourth-order valence-electron chi connectivity index (χ4n) is 0.429. The molecule has 4 heteroatoms. The summed E-state index contributed by atoms with van der Waals surface area (Å²) in [5, 5.41) is 9.72. The van der Waals surface area contributed by atoms with Crippen molar-refractivity contribution in [3.63, 3.8) is 0 Å². The molecule has 0 fully saturated rings. The van der Waals surface area contributed by atoms with E-state index in [1.54, 1.807) is 6.08 Å². The topological polar surface area (TPSA) is 60.2 Å². The molecule has 0 aromatic heterocycles. The van der Waals surface area contributed by atoms with Crippen LogP contribution >= 0.6 is 0 Å². The van der Waals surface area contributed by atoms with Crippen LogP contribution in [-0.2, 0) is 4.79 Å². The minimum atomic E-state index is -0.637. The van der Waals surface area contributed by atoms with E-state index in [0.717, 1.165) is 6.42 Å². The summed E-state index contributed by atoms with van der Waals surface area (Å²) in [5.74, 6) is -0.452. The van der Waals surface area contributed by atoms with Gasteiger partial charge in [-0.05, 0) is 12.5 Å². The number of allylic oxidation sites excluding steroid dienone is 1. The van der Waals surface area contributed by atoms with Crippen molar-refractivity contribution in [2.24, 2.45) is 0 Å². The smallest absolute Gasteiger partial charge is 0.265 e. The second-order valence-corrected chi connectivity index (χ2v) is 1.77. The highest BCUT2D eigenvalue weighted by Gasteiger charge is 2.03. The molecular formula is C6H9NO3. The Morgan fingerprint density at radius 2 is 2.30 bits per heavy atom. The third-order valence-electron chi connectivity index (χ3n) is 0.824. The van der Waals surface area contributed by atoms with Crippen LogP contribution in [0.25, 0.3) is 0 Å². The van der Waals surface area contributed by atoms with E-state index < -0.39 is 17.3 Å². The van der Waals surface area contributed by atoms with E-state index in [0.29, 0.717) is 0 Å². The van der Waals surface area contributed by atoms with E-state index in [9.17, 15) is 14.9 Å². The predicted octanol–water partition coefficient (Wildman–Crippen LogP) is 0.798. The van der Waals surface area contributed by atoms with Crippen molar-refractivity contribution in [3.8, 4) is 0 Å². The lowest BCUT2D eigenvalue weighted by Gasteiger charge is -1.84. The minimum Gasteiger partial charge on any atom is -0.287 e. The molecule has 0 unspecified atom stereocenters. The van der Waals surface area contributed by atoms with Gasteiger partial charge in [-0.15, -0.1) is 0 Å². The van der Waals surface area contributed by atoms with Crippen LogP contribution in [0.3, 0.4) is 0 Å². The average molecular weight is 143 g/mol. The Morgan fingerprint density at radius 1 is 1.70 bits per heavy atom. The predicted molar refractivity (Wildman–Crippen MR) is 36.3 cm³/mol. The van der Waals surface area contributed by atoms with Gasteiger partial charge in [-0.2, -0.15) is 0 Å². The van der Waals surface area contributed by atoms with E-state index in [4.69, 9.17) is 0 Å². The zero-order valence-corrected chi connectivity index (χ0v) is 5.74. The molecule has 0 rings (SSSR count). The summed E-state index contributed by atoms with van der Waals surface area (Å²) >= 11 is 0. The number of ketones is 1. The van der Waals surface area contributed by atoms with Gasteiger partial charge in [-0.3, -0.25) is 14.9 Å². The van der Waals surface area contributed by atoms with Crippen molar-refractivity contribution in [1.29, 1.82) is 0 Å². The number of rotatable bonds is 4. The maximum atomic E-state index is 10.5. The van der Waals surface area contributed by atoms with Gasteiger partial charge in [-0.1, -0.05) is 13.0 Å². The highest BCUT2D eigenvalue weighted by molar-refractivity contribution is 5.90. The number of hydrogen-bond donors (Lipinski definition) is 0. The number of carbonyl (C=O) groups is 1. The zero-order valence-electron chi connectivity index (χ0n) is 5.74. The molecule has 0 aliphatic carbocycles. The first-order valence-corrected chi connectivity index (χ1v) is 2.98. The maximum Gasteiger partial charge on any atom is 0.265 e. The Bertz CT molecular complexity index is 162. The number of hydrogen-bond acceptors (Lipinski definition) is 3. The average Bonchev–Trinajstić information content (AvgIpc) is 1.82. The highest BCUT2D eigenvalue weighted by Crippen LogP contribution is 1.82. The van der Waals surface area contributed by atoms with Crippen molar-refractivity contribution in [3.05, 3.63) is 22.3 Å². The Hall–Kier alpha value is -1.19. The zero-order chi connectivity index (χ0) is 7.98. The van der Waals surface area contributed by atoms with Crippen molar-refractivity contribution in [1.82, 2.24) is 0 Å². The second kappa shape index (κ2) is 4.67. The molecular weight excluding hydrogens is 134 g/mol. The van der Waals surface area contributed by atoms with E-state index in [1.165, 1.54) is 6.08 Å². The molecule has 0 spiro atoms. The largest absolute Gasteiger partial charge is 0.287 e. The van der Waals surface area contributed by atoms with Gasteiger partial charge in [0.15, 0.2) is 0 Å². The van der Waals surface area contributed by atoms with E-state index in [-0.39, 0.29) is 0 Å². The summed E-state index contributed by atoms with van der Waals surface area (Å²) in [6, 6.07) is 0. The van der Waals surface area contributed by atoms with Gasteiger partial charge in [0.25, 0.3) is 6.54 Å². The lowest BCUT2D eigenvalue weighted by Crippen LogP contribution is -2.10. The molecule has 4 nitrogen and oxygen atoms in total. The summed E-state index contributed by atoms with van der Waals surface area (Å²) in [4.78, 5) is 19.6. The Labute approximate surface area is 58.7 Å². The first-order valence-electron chi connectivity index (χ1n) is 2.98. The summed E-state index contributed by atoms with van der Waals surface area (Å²) in [6.07, 6.45) is 3.57. The molecule has 0 bridgehead atoms. The first-order chi connectivity index (χ1) is 4.66. The number of nitrogens with zero attached hydrogens (tertiary/aromatic N) is 1. The fourth-order valence-corrected chi connectivity index (χ4v) is 0.429. The third-order valence-corrected chi connectivity index (χ3v) is 0.824. The van der Waals surface area contributed by atoms with Crippen molar-refractivity contribution in [2.75, 3.05) is 6.54 Å². The molecule has 0 saturated heterocycles. The van der Waals surface area contributed by atoms with Crippen LogP contribution in [0.15, 0.2) is 12.2 Å². The van der Waals surface area contributed by atoms with E-state index in [2.05, 4.69) is 0 Å². The van der Waals surface area contributed by atoms with Crippen LogP contribution in [0.5, 0.6) is 0 Å². The number of carbonyl (C=O) groups excluding carboxylic acids is 1. The van der Waals surface area contributed by atoms with Crippen LogP contribution in [-0.4, -0.2) is 17.3 Å². The summed E-state index contributed by atoms with van der Waals surface area (Å²) < 4.78 is 0. The van der Waals surface area contributed by atoms with Gasteiger partial charge in [0.2, 0.25) is 5.78 Å². The molecule has 56 valence electrons. The van der Waals surface area contributed by atoms with Crippen molar-refractivity contribution in [2.45, 2.75) is 13.3 Å². The Kier molecular flexibility index (Phi) is 4.11. The van der Waals surface area contributed by atoms with Gasteiger partial charge in [0.1, 0.15) is 0 Å². The standard InChI is InChI=1S/C6H9NO3/c1-2-3-4-6(8)5-7(9)10/h3-4H,2,5H2,1H3. The molecule has 0 aliphatic heterocycles. The lowest BCUT2D eigenvalue weighted by atomic mass is 10.3. The quantitative estimate of drug-likeness (QED) is 0.332. The van der Waals surface area contributed by atoms with E-state index in [1.807, 2.05) is 6.92 Å². The highest BCUT2D eigenvalue weighted by atomic mass is 16.6. The Balaban J connectivity index is 3.64. The molecule has 0 saturated carbocycles. The normalized spacial score (nSPS) is 10.1. The number of nitro groups is 1. The summed E-state index contributed by atoms with van der Waals surface area (Å²) in [7, 11) is 0. The fraction of sp³-hybridized carbons (Fsp3) is 0.500.